The summed E-state index contributed by atoms with van der Waals surface area (Å²) in [6.45, 7) is 11.0. The monoisotopic (exact) mass is 627 g/mol. The number of carbonyl (C=O) groups is 2. The normalized spacial score (nSPS) is 12.5. The third kappa shape index (κ3) is 8.17. The SMILES string of the molecule is CCC(C(=O)NC(C)(C)C)N(Cc1ccc(C)cc1)C(=O)CN(c1ccc(Br)cc1)S(=O)(=O)c1ccc(C)cc1. The number of hydrogen-bond acceptors (Lipinski definition) is 4. The average molecular weight is 629 g/mol. The van der Waals surface area contributed by atoms with E-state index < -0.39 is 34.1 Å². The number of carbonyl (C=O) groups excluding carboxylic acids is 2. The molecule has 40 heavy (non-hydrogen) atoms. The molecule has 0 radical (unpaired) electrons. The lowest BCUT2D eigenvalue weighted by Gasteiger charge is -2.34. The predicted molar refractivity (Wildman–Crippen MR) is 164 cm³/mol. The summed E-state index contributed by atoms with van der Waals surface area (Å²) < 4.78 is 29.7. The number of sulfonamides is 1. The summed E-state index contributed by atoms with van der Waals surface area (Å²) >= 11 is 3.39. The van der Waals surface area contributed by atoms with Crippen LogP contribution in [0.2, 0.25) is 0 Å². The van der Waals surface area contributed by atoms with E-state index in [0.29, 0.717) is 12.1 Å². The van der Waals surface area contributed by atoms with E-state index in [1.54, 1.807) is 36.4 Å². The van der Waals surface area contributed by atoms with Crippen molar-refractivity contribution in [1.29, 1.82) is 0 Å². The standard InChI is InChI=1S/C31H38BrN3O4S/c1-7-28(30(37)33-31(4,5)6)34(20-24-12-8-22(2)9-13-24)29(36)21-35(26-16-14-25(32)15-17-26)40(38,39)27-18-10-23(3)11-19-27/h8-19,28H,7,20-21H2,1-6H3,(H,33,37). The third-order valence-corrected chi connectivity index (χ3v) is 8.68. The number of nitrogens with one attached hydrogen (secondary N) is 1. The lowest BCUT2D eigenvalue weighted by molar-refractivity contribution is -0.141. The van der Waals surface area contributed by atoms with Crippen molar-refractivity contribution in [2.45, 2.75) is 71.0 Å². The van der Waals surface area contributed by atoms with Crippen LogP contribution in [0, 0.1) is 13.8 Å². The maximum absolute atomic E-state index is 14.1. The first-order valence-corrected chi connectivity index (χ1v) is 15.5. The Bertz CT molecular complexity index is 1420. The van der Waals surface area contributed by atoms with Gasteiger partial charge in [-0.3, -0.25) is 13.9 Å². The van der Waals surface area contributed by atoms with Crippen molar-refractivity contribution >= 4 is 43.5 Å². The van der Waals surface area contributed by atoms with Crippen molar-refractivity contribution < 1.29 is 18.0 Å². The van der Waals surface area contributed by atoms with Crippen molar-refractivity contribution in [3.63, 3.8) is 0 Å². The van der Waals surface area contributed by atoms with Gasteiger partial charge in [-0.1, -0.05) is 70.4 Å². The fraction of sp³-hybridized carbons (Fsp3) is 0.355. The van der Waals surface area contributed by atoms with Crippen LogP contribution in [0.3, 0.4) is 0 Å². The second-order valence-corrected chi connectivity index (χ2v) is 13.7. The maximum Gasteiger partial charge on any atom is 0.264 e. The summed E-state index contributed by atoms with van der Waals surface area (Å²) in [7, 11) is -4.10. The van der Waals surface area contributed by atoms with Gasteiger partial charge in [0, 0.05) is 16.6 Å². The molecule has 3 aromatic carbocycles. The van der Waals surface area contributed by atoms with E-state index in [0.717, 1.165) is 25.5 Å². The maximum atomic E-state index is 14.1. The molecule has 7 nitrogen and oxygen atoms in total. The fourth-order valence-corrected chi connectivity index (χ4v) is 5.91. The van der Waals surface area contributed by atoms with E-state index in [4.69, 9.17) is 0 Å². The molecule has 1 N–H and O–H groups in total. The van der Waals surface area contributed by atoms with E-state index in [9.17, 15) is 18.0 Å². The number of rotatable bonds is 10. The summed E-state index contributed by atoms with van der Waals surface area (Å²) in [6, 6.07) is 20.2. The molecule has 1 atom stereocenters. The molecule has 0 aliphatic carbocycles. The van der Waals surface area contributed by atoms with Crippen molar-refractivity contribution in [3.8, 4) is 0 Å². The molecule has 0 spiro atoms. The van der Waals surface area contributed by atoms with Crippen LogP contribution in [-0.4, -0.2) is 43.3 Å². The molecule has 0 heterocycles. The van der Waals surface area contributed by atoms with Crippen LogP contribution in [0.4, 0.5) is 5.69 Å². The lowest BCUT2D eigenvalue weighted by atomic mass is 10.1. The Morgan fingerprint density at radius 2 is 1.40 bits per heavy atom. The first-order valence-electron chi connectivity index (χ1n) is 13.2. The molecule has 3 rings (SSSR count). The molecule has 2 amide bonds. The van der Waals surface area contributed by atoms with Crippen molar-refractivity contribution in [1.82, 2.24) is 10.2 Å². The highest BCUT2D eigenvalue weighted by molar-refractivity contribution is 9.10. The van der Waals surface area contributed by atoms with Gasteiger partial charge in [0.2, 0.25) is 11.8 Å². The largest absolute Gasteiger partial charge is 0.350 e. The van der Waals surface area contributed by atoms with Gasteiger partial charge in [-0.2, -0.15) is 0 Å². The molecule has 0 saturated carbocycles. The second kappa shape index (κ2) is 13.0. The van der Waals surface area contributed by atoms with Gasteiger partial charge in [-0.25, -0.2) is 8.42 Å². The minimum Gasteiger partial charge on any atom is -0.350 e. The van der Waals surface area contributed by atoms with Gasteiger partial charge in [0.15, 0.2) is 0 Å². The Kier molecular flexibility index (Phi) is 10.2. The van der Waals surface area contributed by atoms with Crippen LogP contribution in [0.1, 0.15) is 50.8 Å². The number of hydrogen-bond donors (Lipinski definition) is 1. The number of nitrogens with zero attached hydrogens (tertiary/aromatic N) is 2. The van der Waals surface area contributed by atoms with E-state index in [1.807, 2.05) is 65.8 Å². The Hall–Kier alpha value is -3.17. The molecule has 0 fully saturated rings. The Morgan fingerprint density at radius 3 is 1.90 bits per heavy atom. The molecule has 0 bridgehead atoms. The first kappa shape index (κ1) is 31.4. The predicted octanol–water partition coefficient (Wildman–Crippen LogP) is 5.98. The van der Waals surface area contributed by atoms with Crippen molar-refractivity contribution in [3.05, 3.63) is 94.0 Å². The highest BCUT2D eigenvalue weighted by Gasteiger charge is 2.34. The van der Waals surface area contributed by atoms with Gasteiger partial charge >= 0.3 is 0 Å². The zero-order valence-electron chi connectivity index (χ0n) is 23.9. The molecule has 3 aromatic rings. The highest BCUT2D eigenvalue weighted by atomic mass is 79.9. The lowest BCUT2D eigenvalue weighted by Crippen LogP contribution is -2.55. The molecule has 0 saturated heterocycles. The summed E-state index contributed by atoms with van der Waals surface area (Å²) in [5, 5.41) is 2.98. The molecule has 9 heteroatoms. The summed E-state index contributed by atoms with van der Waals surface area (Å²) in [4.78, 5) is 29.0. The number of aryl methyl sites for hydroxylation is 2. The first-order chi connectivity index (χ1) is 18.7. The van der Waals surface area contributed by atoms with Gasteiger partial charge < -0.3 is 10.2 Å². The second-order valence-electron chi connectivity index (χ2n) is 11.0. The summed E-state index contributed by atoms with van der Waals surface area (Å²) in [5.41, 5.74) is 2.69. The summed E-state index contributed by atoms with van der Waals surface area (Å²) in [5.74, 6) is -0.762. The highest BCUT2D eigenvalue weighted by Crippen LogP contribution is 2.26. The number of halogens is 1. The smallest absolute Gasteiger partial charge is 0.264 e. The van der Waals surface area contributed by atoms with Crippen LogP contribution < -0.4 is 9.62 Å². The van der Waals surface area contributed by atoms with E-state index >= 15 is 0 Å². The Balaban J connectivity index is 2.06. The van der Waals surface area contributed by atoms with Crippen LogP contribution in [-0.2, 0) is 26.2 Å². The fourth-order valence-electron chi connectivity index (χ4n) is 4.24. The van der Waals surface area contributed by atoms with Crippen LogP contribution in [0.25, 0.3) is 0 Å². The Labute approximate surface area is 246 Å². The van der Waals surface area contributed by atoms with E-state index in [2.05, 4.69) is 21.2 Å². The molecule has 0 aliphatic heterocycles. The van der Waals surface area contributed by atoms with Crippen molar-refractivity contribution in [2.24, 2.45) is 0 Å². The van der Waals surface area contributed by atoms with Gasteiger partial charge in [0.1, 0.15) is 12.6 Å². The summed E-state index contributed by atoms with van der Waals surface area (Å²) in [6.07, 6.45) is 0.364. The van der Waals surface area contributed by atoms with Crippen LogP contribution in [0.15, 0.2) is 82.2 Å². The number of amides is 2. The molecular formula is C31H38BrN3O4S. The van der Waals surface area contributed by atoms with Gasteiger partial charge in [-0.15, -0.1) is 0 Å². The molecule has 0 aliphatic rings. The Morgan fingerprint density at radius 1 is 0.875 bits per heavy atom. The van der Waals surface area contributed by atoms with E-state index in [1.165, 1.54) is 17.0 Å². The quantitative estimate of drug-likeness (QED) is 0.299. The zero-order chi connectivity index (χ0) is 29.7. The van der Waals surface area contributed by atoms with Gasteiger partial charge in [0.25, 0.3) is 10.0 Å². The van der Waals surface area contributed by atoms with Gasteiger partial charge in [-0.05, 0) is 83.0 Å². The number of anilines is 1. The van der Waals surface area contributed by atoms with Crippen molar-refractivity contribution in [2.75, 3.05) is 10.8 Å². The molecular weight excluding hydrogens is 590 g/mol. The molecule has 1 unspecified atom stereocenters. The molecule has 214 valence electrons. The molecule has 0 aromatic heterocycles. The van der Waals surface area contributed by atoms with Crippen LogP contribution >= 0.6 is 15.9 Å². The van der Waals surface area contributed by atoms with Crippen LogP contribution in [0.5, 0.6) is 0 Å². The minimum absolute atomic E-state index is 0.0800. The number of benzene rings is 3. The zero-order valence-corrected chi connectivity index (χ0v) is 26.3. The third-order valence-electron chi connectivity index (χ3n) is 6.36. The average Bonchev–Trinajstić information content (AvgIpc) is 2.88. The topological polar surface area (TPSA) is 86.8 Å². The minimum atomic E-state index is -4.10. The van der Waals surface area contributed by atoms with Gasteiger partial charge in [0.05, 0.1) is 10.6 Å². The van der Waals surface area contributed by atoms with E-state index in [-0.39, 0.29) is 17.3 Å².